The second kappa shape index (κ2) is 66.0. The molecule has 0 saturated heterocycles. The second-order valence-corrected chi connectivity index (χ2v) is 23.6. The quantitative estimate of drug-likeness (QED) is 0.0552. The average Bonchev–Trinajstić information content (AvgIpc) is 3.36. The fraction of sp³-hybridized carbons (Fsp3) is 1.00. The third kappa shape index (κ3) is 64.0. The zero-order valence-electron chi connectivity index (χ0n) is 49.2. The molecule has 1 nitrogen and oxygen atoms in total. The predicted octanol–water partition coefficient (Wildman–Crippen LogP) is 26.0. The molecule has 0 heterocycles. The molecule has 0 aliphatic carbocycles. The Balaban J connectivity index is 3.97. The highest BCUT2D eigenvalue weighted by atomic mass is 16.5. The topological polar surface area (TPSA) is 9.23 Å². The monoisotopic (exact) mass is 971 g/mol. The van der Waals surface area contributed by atoms with E-state index >= 15 is 0 Å². The van der Waals surface area contributed by atoms with E-state index in [1.807, 2.05) is 0 Å². The zero-order valence-corrected chi connectivity index (χ0v) is 49.2. The first kappa shape index (κ1) is 69.0. The summed E-state index contributed by atoms with van der Waals surface area (Å²) in [7, 11) is 0. The van der Waals surface area contributed by atoms with Gasteiger partial charge in [0.15, 0.2) is 0 Å². The van der Waals surface area contributed by atoms with Crippen LogP contribution in [0.5, 0.6) is 0 Å². The maximum absolute atomic E-state index is 6.66. The van der Waals surface area contributed by atoms with Crippen LogP contribution in [0.2, 0.25) is 0 Å². The van der Waals surface area contributed by atoms with E-state index in [4.69, 9.17) is 4.74 Å². The van der Waals surface area contributed by atoms with Crippen LogP contribution in [0.1, 0.15) is 425 Å². The van der Waals surface area contributed by atoms with Crippen molar-refractivity contribution in [1.29, 1.82) is 0 Å². The molecule has 416 valence electrons. The van der Waals surface area contributed by atoms with Crippen LogP contribution in [0.4, 0.5) is 0 Å². The van der Waals surface area contributed by atoms with Crippen molar-refractivity contribution in [3.8, 4) is 0 Å². The first-order valence-electron chi connectivity index (χ1n) is 34.0. The van der Waals surface area contributed by atoms with Gasteiger partial charge in [-0.05, 0) is 19.3 Å². The Morgan fingerprint density at radius 1 is 0.159 bits per heavy atom. The second-order valence-electron chi connectivity index (χ2n) is 23.6. The molecule has 0 saturated carbocycles. The van der Waals surface area contributed by atoms with Crippen LogP contribution >= 0.6 is 0 Å². The van der Waals surface area contributed by atoms with E-state index in [-0.39, 0.29) is 0 Å². The normalized spacial score (nSPS) is 12.2. The van der Waals surface area contributed by atoms with Gasteiger partial charge in [-0.25, -0.2) is 0 Å². The van der Waals surface area contributed by atoms with Gasteiger partial charge in [-0.3, -0.25) is 0 Å². The predicted molar refractivity (Wildman–Crippen MR) is 318 cm³/mol. The van der Waals surface area contributed by atoms with Crippen molar-refractivity contribution in [3.63, 3.8) is 0 Å². The third-order valence-corrected chi connectivity index (χ3v) is 16.4. The molecule has 1 unspecified atom stereocenters. The summed E-state index contributed by atoms with van der Waals surface area (Å²) in [6, 6.07) is 0. The van der Waals surface area contributed by atoms with E-state index in [9.17, 15) is 0 Å². The molecule has 0 aromatic rings. The molecule has 0 rings (SSSR count). The molecule has 0 bridgehead atoms. The first-order chi connectivity index (χ1) is 34.3. The van der Waals surface area contributed by atoms with Crippen LogP contribution in [-0.2, 0) is 4.74 Å². The lowest BCUT2D eigenvalue weighted by atomic mass is 10.0. The minimum Gasteiger partial charge on any atom is -0.378 e. The van der Waals surface area contributed by atoms with Crippen molar-refractivity contribution in [2.24, 2.45) is 0 Å². The van der Waals surface area contributed by atoms with Gasteiger partial charge >= 0.3 is 0 Å². The third-order valence-electron chi connectivity index (χ3n) is 16.4. The molecule has 1 heteroatoms. The molecule has 0 aromatic heterocycles. The smallest absolute Gasteiger partial charge is 0.0575 e. The van der Waals surface area contributed by atoms with Crippen molar-refractivity contribution in [1.82, 2.24) is 0 Å². The average molecular weight is 972 g/mol. The molecule has 0 fully saturated rings. The van der Waals surface area contributed by atoms with Crippen LogP contribution < -0.4 is 0 Å². The lowest BCUT2D eigenvalue weighted by molar-refractivity contribution is 0.0357. The van der Waals surface area contributed by atoms with Crippen molar-refractivity contribution < 1.29 is 4.74 Å². The van der Waals surface area contributed by atoms with Gasteiger partial charge in [0.05, 0.1) is 6.10 Å². The van der Waals surface area contributed by atoms with E-state index in [0.717, 1.165) is 6.61 Å². The van der Waals surface area contributed by atoms with Gasteiger partial charge in [-0.1, -0.05) is 406 Å². The summed E-state index contributed by atoms with van der Waals surface area (Å²) in [4.78, 5) is 0. The molecule has 0 spiro atoms. The minimum absolute atomic E-state index is 0.529. The molecule has 0 aromatic carbocycles. The van der Waals surface area contributed by atoms with E-state index < -0.39 is 0 Å². The largest absolute Gasteiger partial charge is 0.378 e. The van der Waals surface area contributed by atoms with Gasteiger partial charge in [0.2, 0.25) is 0 Å². The maximum Gasteiger partial charge on any atom is 0.0575 e. The fourth-order valence-corrected chi connectivity index (χ4v) is 11.3. The van der Waals surface area contributed by atoms with E-state index in [1.54, 1.807) is 0 Å². The molecule has 0 amide bonds. The molecule has 0 radical (unpaired) electrons. The van der Waals surface area contributed by atoms with Gasteiger partial charge in [-0.2, -0.15) is 0 Å². The highest BCUT2D eigenvalue weighted by Crippen LogP contribution is 2.21. The number of unbranched alkanes of at least 4 members (excludes halogenated alkanes) is 58. The van der Waals surface area contributed by atoms with Crippen molar-refractivity contribution in [2.45, 2.75) is 431 Å². The maximum atomic E-state index is 6.66. The van der Waals surface area contributed by atoms with Gasteiger partial charge in [0.1, 0.15) is 0 Å². The number of ether oxygens (including phenoxy) is 1. The van der Waals surface area contributed by atoms with Crippen LogP contribution in [0.25, 0.3) is 0 Å². The van der Waals surface area contributed by atoms with Crippen LogP contribution in [0, 0.1) is 0 Å². The van der Waals surface area contributed by atoms with E-state index in [1.165, 1.54) is 405 Å². The molecular formula is C68H138O. The molecule has 0 aliphatic heterocycles. The van der Waals surface area contributed by atoms with Gasteiger partial charge < -0.3 is 4.74 Å². The summed E-state index contributed by atoms with van der Waals surface area (Å²) in [5.41, 5.74) is 0. The minimum atomic E-state index is 0.529. The number of hydrogen-bond donors (Lipinski definition) is 0. The van der Waals surface area contributed by atoms with Gasteiger partial charge in [-0.15, -0.1) is 0 Å². The number of hydrogen-bond acceptors (Lipinski definition) is 1. The van der Waals surface area contributed by atoms with Crippen LogP contribution in [0.3, 0.4) is 0 Å². The summed E-state index contributed by atoms with van der Waals surface area (Å²) < 4.78 is 6.66. The lowest BCUT2D eigenvalue weighted by Crippen LogP contribution is -2.14. The molecule has 1 atom stereocenters. The highest BCUT2D eigenvalue weighted by Gasteiger charge is 2.10. The lowest BCUT2D eigenvalue weighted by Gasteiger charge is -2.18. The Kier molecular flexibility index (Phi) is 65.9. The van der Waals surface area contributed by atoms with Crippen LogP contribution in [0.15, 0.2) is 0 Å². The first-order valence-corrected chi connectivity index (χ1v) is 34.0. The molecular weight excluding hydrogens is 833 g/mol. The van der Waals surface area contributed by atoms with Crippen molar-refractivity contribution in [2.75, 3.05) is 6.61 Å². The van der Waals surface area contributed by atoms with Gasteiger partial charge in [0.25, 0.3) is 0 Å². The summed E-state index contributed by atoms with van der Waals surface area (Å²) in [6.07, 6.45) is 92.2. The van der Waals surface area contributed by atoms with E-state index in [0.29, 0.717) is 6.10 Å². The zero-order chi connectivity index (χ0) is 49.5. The Morgan fingerprint density at radius 2 is 0.290 bits per heavy atom. The summed E-state index contributed by atoms with van der Waals surface area (Å²) in [5.74, 6) is 0. The summed E-state index contributed by atoms with van der Waals surface area (Å²) in [5, 5.41) is 0. The molecule has 0 N–H and O–H groups in total. The van der Waals surface area contributed by atoms with E-state index in [2.05, 4.69) is 20.8 Å². The van der Waals surface area contributed by atoms with Gasteiger partial charge in [0, 0.05) is 6.61 Å². The Bertz CT molecular complexity index is 835. The standard InChI is InChI=1S/C68H138O/c1-4-7-10-13-16-19-22-25-28-31-34-36-37-38-40-42-45-48-51-54-57-60-63-66-68(69-67-64-61-58-55-52-49-46-43-33-30-27-24-21-18-15-12-9-6-3)65-62-59-56-53-50-47-44-41-39-35-32-29-26-23-20-17-14-11-8-5-2/h68H,4-67H2,1-3H3. The Labute approximate surface area is 440 Å². The summed E-state index contributed by atoms with van der Waals surface area (Å²) >= 11 is 0. The van der Waals surface area contributed by atoms with Crippen molar-refractivity contribution >= 4 is 0 Å². The van der Waals surface area contributed by atoms with Crippen molar-refractivity contribution in [3.05, 3.63) is 0 Å². The summed E-state index contributed by atoms with van der Waals surface area (Å²) in [6.45, 7) is 7.97. The molecule has 0 aliphatic rings. The SMILES string of the molecule is CCCCCCCCCCCCCCCCCCCCCCCCCC(CCCCCCCCCCCCCCCCCCCCCC)OCCCCCCCCCCCCCCCCCCCC. The highest BCUT2D eigenvalue weighted by molar-refractivity contribution is 4.62. The number of rotatable bonds is 65. The fourth-order valence-electron chi connectivity index (χ4n) is 11.3. The van der Waals surface area contributed by atoms with Crippen LogP contribution in [-0.4, -0.2) is 12.7 Å². The Hall–Kier alpha value is -0.0400. The Morgan fingerprint density at radius 3 is 0.449 bits per heavy atom. The molecule has 69 heavy (non-hydrogen) atoms.